The quantitative estimate of drug-likeness (QED) is 0.663. The lowest BCUT2D eigenvalue weighted by Crippen LogP contribution is -2.27. The summed E-state index contributed by atoms with van der Waals surface area (Å²) in [5, 5.41) is 0. The third-order valence-corrected chi connectivity index (χ3v) is 4.29. The van der Waals surface area contributed by atoms with Crippen LogP contribution in [0.4, 0.5) is 0 Å². The predicted molar refractivity (Wildman–Crippen MR) is 91.4 cm³/mol. The Morgan fingerprint density at radius 3 is 2.52 bits per heavy atom. The van der Waals surface area contributed by atoms with Crippen molar-refractivity contribution in [1.82, 2.24) is 24.0 Å². The van der Waals surface area contributed by atoms with E-state index in [9.17, 15) is 0 Å². The Labute approximate surface area is 139 Å². The number of hydrogen-bond acceptors (Lipinski definition) is 4. The van der Waals surface area contributed by atoms with Crippen LogP contribution in [0.1, 0.15) is 36.9 Å². The average Bonchev–Trinajstić information content (AvgIpc) is 3.03. The molecule has 0 spiro atoms. The average molecular weight is 319 g/mol. The molecule has 2 aromatic rings. The fraction of sp³-hybridized carbons (Fsp3) is 0.647. The molecule has 0 unspecified atom stereocenters. The highest BCUT2D eigenvalue weighted by atomic mass is 16.5. The van der Waals surface area contributed by atoms with Gasteiger partial charge >= 0.3 is 0 Å². The largest absolute Gasteiger partial charge is 0.372 e. The lowest BCUT2D eigenvalue weighted by atomic mass is 10.3. The Kier molecular flexibility index (Phi) is 6.36. The van der Waals surface area contributed by atoms with Crippen LogP contribution in [0.5, 0.6) is 0 Å². The molecule has 2 heterocycles. The van der Waals surface area contributed by atoms with Crippen LogP contribution in [0.25, 0.3) is 0 Å². The van der Waals surface area contributed by atoms with Crippen molar-refractivity contribution in [3.8, 4) is 0 Å². The Hall–Kier alpha value is -1.66. The van der Waals surface area contributed by atoms with E-state index in [0.717, 1.165) is 55.7 Å². The van der Waals surface area contributed by atoms with E-state index in [2.05, 4.69) is 37.8 Å². The van der Waals surface area contributed by atoms with E-state index in [0.29, 0.717) is 6.61 Å². The zero-order valence-electron chi connectivity index (χ0n) is 15.0. The molecule has 0 amide bonds. The highest BCUT2D eigenvalue weighted by Crippen LogP contribution is 2.11. The standard InChI is InChI=1S/C17H29N5O/c1-6-22(7-2)8-9-23-13-17-18-11-15(21(17)5)10-16-19-14(3)12-20(16)4/h11-12H,6-10,13H2,1-5H3. The molecule has 0 aromatic carbocycles. The highest BCUT2D eigenvalue weighted by Gasteiger charge is 2.10. The van der Waals surface area contributed by atoms with Crippen molar-refractivity contribution in [3.05, 3.63) is 35.4 Å². The lowest BCUT2D eigenvalue weighted by molar-refractivity contribution is 0.0899. The van der Waals surface area contributed by atoms with Crippen molar-refractivity contribution in [2.75, 3.05) is 26.2 Å². The van der Waals surface area contributed by atoms with Crippen LogP contribution in [-0.2, 0) is 31.9 Å². The maximum atomic E-state index is 5.78. The summed E-state index contributed by atoms with van der Waals surface area (Å²) in [6.07, 6.45) is 4.75. The molecule has 0 saturated heterocycles. The van der Waals surface area contributed by atoms with Crippen LogP contribution in [-0.4, -0.2) is 50.2 Å². The molecular formula is C17H29N5O. The summed E-state index contributed by atoms with van der Waals surface area (Å²) in [5.41, 5.74) is 2.20. The monoisotopic (exact) mass is 319 g/mol. The van der Waals surface area contributed by atoms with Gasteiger partial charge in [-0.3, -0.25) is 0 Å². The molecule has 0 bridgehead atoms. The van der Waals surface area contributed by atoms with Gasteiger partial charge in [0.05, 0.1) is 12.3 Å². The highest BCUT2D eigenvalue weighted by molar-refractivity contribution is 5.13. The molecule has 0 radical (unpaired) electrons. The van der Waals surface area contributed by atoms with E-state index < -0.39 is 0 Å². The second-order valence-corrected chi connectivity index (χ2v) is 5.89. The summed E-state index contributed by atoms with van der Waals surface area (Å²) in [5.74, 6) is 2.02. The molecule has 0 aliphatic rings. The van der Waals surface area contributed by atoms with Gasteiger partial charge in [0.15, 0.2) is 0 Å². The number of rotatable bonds is 9. The number of ether oxygens (including phenoxy) is 1. The van der Waals surface area contributed by atoms with E-state index in [1.165, 1.54) is 0 Å². The molecule has 0 fully saturated rings. The Morgan fingerprint density at radius 1 is 1.17 bits per heavy atom. The van der Waals surface area contributed by atoms with Crippen LogP contribution in [0.3, 0.4) is 0 Å². The molecule has 0 saturated carbocycles. The van der Waals surface area contributed by atoms with Crippen molar-refractivity contribution >= 4 is 0 Å². The molecular weight excluding hydrogens is 290 g/mol. The molecule has 23 heavy (non-hydrogen) atoms. The molecule has 6 nitrogen and oxygen atoms in total. The first-order valence-electron chi connectivity index (χ1n) is 8.33. The van der Waals surface area contributed by atoms with Gasteiger partial charge in [-0.15, -0.1) is 0 Å². The van der Waals surface area contributed by atoms with Gasteiger partial charge in [0.2, 0.25) is 0 Å². The van der Waals surface area contributed by atoms with Gasteiger partial charge in [0, 0.05) is 45.1 Å². The number of likely N-dealkylation sites (N-methyl/N-ethyl adjacent to an activating group) is 1. The summed E-state index contributed by atoms with van der Waals surface area (Å²) in [4.78, 5) is 11.4. The zero-order valence-corrected chi connectivity index (χ0v) is 15.0. The second kappa shape index (κ2) is 8.26. The number of imidazole rings is 2. The van der Waals surface area contributed by atoms with Crippen LogP contribution in [0.15, 0.2) is 12.4 Å². The van der Waals surface area contributed by atoms with E-state index in [1.807, 2.05) is 33.4 Å². The number of aromatic nitrogens is 4. The Bertz CT molecular complexity index is 613. The summed E-state index contributed by atoms with van der Waals surface area (Å²) in [6, 6.07) is 0. The van der Waals surface area contributed by atoms with Gasteiger partial charge in [-0.1, -0.05) is 13.8 Å². The van der Waals surface area contributed by atoms with Gasteiger partial charge in [0.1, 0.15) is 18.3 Å². The first kappa shape index (κ1) is 17.7. The number of aryl methyl sites for hydroxylation is 2. The summed E-state index contributed by atoms with van der Waals surface area (Å²) < 4.78 is 9.96. The molecule has 0 atom stereocenters. The van der Waals surface area contributed by atoms with Crippen LogP contribution in [0, 0.1) is 6.92 Å². The molecule has 6 heteroatoms. The SMILES string of the molecule is CCN(CC)CCOCc1ncc(Cc2nc(C)cn2C)n1C. The van der Waals surface area contributed by atoms with Gasteiger partial charge in [-0.05, 0) is 20.0 Å². The lowest BCUT2D eigenvalue weighted by Gasteiger charge is -2.17. The van der Waals surface area contributed by atoms with Crippen LogP contribution < -0.4 is 0 Å². The number of nitrogens with zero attached hydrogens (tertiary/aromatic N) is 5. The second-order valence-electron chi connectivity index (χ2n) is 5.89. The molecule has 2 aromatic heterocycles. The maximum Gasteiger partial charge on any atom is 0.134 e. The van der Waals surface area contributed by atoms with Gasteiger partial charge in [-0.2, -0.15) is 0 Å². The van der Waals surface area contributed by atoms with Crippen molar-refractivity contribution < 1.29 is 4.74 Å². The first-order chi connectivity index (χ1) is 11.0. The molecule has 0 aliphatic heterocycles. The summed E-state index contributed by atoms with van der Waals surface area (Å²) >= 11 is 0. The van der Waals surface area contributed by atoms with Crippen molar-refractivity contribution in [1.29, 1.82) is 0 Å². The van der Waals surface area contributed by atoms with Crippen LogP contribution in [0.2, 0.25) is 0 Å². The minimum absolute atomic E-state index is 0.553. The van der Waals surface area contributed by atoms with E-state index in [1.54, 1.807) is 0 Å². The zero-order chi connectivity index (χ0) is 16.8. The van der Waals surface area contributed by atoms with E-state index in [4.69, 9.17) is 4.74 Å². The van der Waals surface area contributed by atoms with E-state index in [-0.39, 0.29) is 0 Å². The fourth-order valence-electron chi connectivity index (χ4n) is 2.68. The normalized spacial score (nSPS) is 11.6. The Balaban J connectivity index is 1.88. The van der Waals surface area contributed by atoms with E-state index >= 15 is 0 Å². The maximum absolute atomic E-state index is 5.78. The Morgan fingerprint density at radius 2 is 1.91 bits per heavy atom. The van der Waals surface area contributed by atoms with Crippen molar-refractivity contribution in [2.45, 2.75) is 33.8 Å². The third kappa shape index (κ3) is 4.65. The fourth-order valence-corrected chi connectivity index (χ4v) is 2.68. The van der Waals surface area contributed by atoms with Gasteiger partial charge in [-0.25, -0.2) is 9.97 Å². The molecule has 0 N–H and O–H groups in total. The molecule has 0 aliphatic carbocycles. The van der Waals surface area contributed by atoms with Crippen LogP contribution >= 0.6 is 0 Å². The van der Waals surface area contributed by atoms with Gasteiger partial charge in [0.25, 0.3) is 0 Å². The summed E-state index contributed by atoms with van der Waals surface area (Å²) in [6.45, 7) is 10.8. The minimum Gasteiger partial charge on any atom is -0.372 e. The number of hydrogen-bond donors (Lipinski definition) is 0. The third-order valence-electron chi connectivity index (χ3n) is 4.29. The van der Waals surface area contributed by atoms with Crippen molar-refractivity contribution in [3.63, 3.8) is 0 Å². The smallest absolute Gasteiger partial charge is 0.134 e. The first-order valence-corrected chi connectivity index (χ1v) is 8.33. The topological polar surface area (TPSA) is 48.1 Å². The molecule has 2 rings (SSSR count). The molecule has 128 valence electrons. The van der Waals surface area contributed by atoms with Crippen molar-refractivity contribution in [2.24, 2.45) is 14.1 Å². The van der Waals surface area contributed by atoms with Gasteiger partial charge < -0.3 is 18.8 Å². The summed E-state index contributed by atoms with van der Waals surface area (Å²) in [7, 11) is 4.07. The minimum atomic E-state index is 0.553. The predicted octanol–water partition coefficient (Wildman–Crippen LogP) is 1.91.